The van der Waals surface area contributed by atoms with Crippen molar-refractivity contribution in [1.29, 1.82) is 0 Å². The molecule has 2 N–H and O–H groups in total. The van der Waals surface area contributed by atoms with Crippen LogP contribution in [0.15, 0.2) is 12.3 Å². The fraction of sp³-hybridized carbons (Fsp3) is 0.500. The van der Waals surface area contributed by atoms with Gasteiger partial charge in [-0.1, -0.05) is 0 Å². The number of aliphatic hydroxyl groups excluding tert-OH is 1. The van der Waals surface area contributed by atoms with Gasteiger partial charge in [0.1, 0.15) is 5.82 Å². The number of nitrogens with zero attached hydrogens (tertiary/aromatic N) is 2. The summed E-state index contributed by atoms with van der Waals surface area (Å²) in [6.45, 7) is 3.57. The molecule has 0 aromatic carbocycles. The summed E-state index contributed by atoms with van der Waals surface area (Å²) in [5, 5.41) is 12.1. The van der Waals surface area contributed by atoms with Gasteiger partial charge in [0.05, 0.1) is 19.3 Å². The summed E-state index contributed by atoms with van der Waals surface area (Å²) in [6.07, 6.45) is 1.45. The normalized spacial score (nSPS) is 11.0. The number of carbonyl (C=O) groups excluding carboxylic acids is 1. The van der Waals surface area contributed by atoms with Crippen molar-refractivity contribution < 1.29 is 14.6 Å². The molecule has 0 aliphatic heterocycles. The van der Waals surface area contributed by atoms with Crippen LogP contribution in [-0.4, -0.2) is 40.3 Å². The smallest absolute Gasteiger partial charge is 0.376 e. The Bertz CT molecular complexity index is 379. The van der Waals surface area contributed by atoms with Crippen molar-refractivity contribution in [3.05, 3.63) is 18.1 Å². The molecule has 88 valence electrons. The molecular weight excluding hydrogens is 210 g/mol. The number of hydrogen-bond acceptors (Lipinski definition) is 6. The third-order valence-corrected chi connectivity index (χ3v) is 1.89. The van der Waals surface area contributed by atoms with E-state index >= 15 is 0 Å². The molecule has 6 heteroatoms. The van der Waals surface area contributed by atoms with Gasteiger partial charge in [-0.15, -0.1) is 0 Å². The quantitative estimate of drug-likeness (QED) is 0.723. The summed E-state index contributed by atoms with van der Waals surface area (Å²) in [6, 6.07) is 1.61. The maximum absolute atomic E-state index is 11.2. The highest BCUT2D eigenvalue weighted by Crippen LogP contribution is 2.11. The van der Waals surface area contributed by atoms with Crippen LogP contribution in [0.1, 0.15) is 24.5 Å². The Hall–Kier alpha value is -1.69. The molecule has 0 saturated heterocycles. The summed E-state index contributed by atoms with van der Waals surface area (Å²) in [7, 11) is 1.27. The number of anilines is 1. The minimum atomic E-state index is -0.592. The van der Waals surface area contributed by atoms with Gasteiger partial charge in [0.2, 0.25) is 5.82 Å². The number of aliphatic hydroxyl groups is 1. The number of ether oxygens (including phenoxy) is 1. The highest BCUT2D eigenvalue weighted by atomic mass is 16.5. The van der Waals surface area contributed by atoms with Crippen molar-refractivity contribution in [3.8, 4) is 0 Å². The number of aromatic nitrogens is 2. The molecule has 0 aliphatic carbocycles. The second-order valence-electron chi connectivity index (χ2n) is 3.92. The lowest BCUT2D eigenvalue weighted by atomic mass is 10.1. The molecule has 0 unspecified atom stereocenters. The molecule has 1 aromatic rings. The molecule has 0 atom stereocenters. The largest absolute Gasteiger partial charge is 0.463 e. The van der Waals surface area contributed by atoms with Crippen LogP contribution < -0.4 is 5.32 Å². The van der Waals surface area contributed by atoms with E-state index in [9.17, 15) is 4.79 Å². The molecule has 0 radical (unpaired) electrons. The molecule has 1 heterocycles. The standard InChI is InChI=1S/C10H15N3O3/c1-10(2,6-14)13-7-4-5-11-8(12-7)9(15)16-3/h4-5,14H,6H2,1-3H3,(H,11,12,13). The third-order valence-electron chi connectivity index (χ3n) is 1.89. The van der Waals surface area contributed by atoms with Gasteiger partial charge < -0.3 is 15.2 Å². The first-order valence-electron chi connectivity index (χ1n) is 4.79. The van der Waals surface area contributed by atoms with Crippen molar-refractivity contribution in [1.82, 2.24) is 9.97 Å². The molecule has 0 spiro atoms. The first kappa shape index (κ1) is 12.4. The van der Waals surface area contributed by atoms with Crippen molar-refractivity contribution in [2.24, 2.45) is 0 Å². The molecule has 1 rings (SSSR count). The van der Waals surface area contributed by atoms with E-state index in [0.29, 0.717) is 5.82 Å². The van der Waals surface area contributed by atoms with Crippen LogP contribution in [0.25, 0.3) is 0 Å². The van der Waals surface area contributed by atoms with Gasteiger partial charge in [-0.25, -0.2) is 14.8 Å². The molecule has 6 nitrogen and oxygen atoms in total. The van der Waals surface area contributed by atoms with E-state index in [-0.39, 0.29) is 12.4 Å². The van der Waals surface area contributed by atoms with Crippen molar-refractivity contribution in [3.63, 3.8) is 0 Å². The SMILES string of the molecule is COC(=O)c1nccc(NC(C)(C)CO)n1. The summed E-state index contributed by atoms with van der Waals surface area (Å²) in [5.74, 6) is -0.138. The highest BCUT2D eigenvalue weighted by Gasteiger charge is 2.17. The van der Waals surface area contributed by atoms with E-state index in [0.717, 1.165) is 0 Å². The minimum absolute atomic E-state index is 0.0127. The van der Waals surface area contributed by atoms with Gasteiger partial charge in [0.25, 0.3) is 0 Å². The van der Waals surface area contributed by atoms with E-state index in [1.165, 1.54) is 13.3 Å². The van der Waals surface area contributed by atoms with Gasteiger partial charge in [0, 0.05) is 6.20 Å². The van der Waals surface area contributed by atoms with Crippen molar-refractivity contribution in [2.45, 2.75) is 19.4 Å². The predicted molar refractivity (Wildman–Crippen MR) is 58.2 cm³/mol. The lowest BCUT2D eigenvalue weighted by Crippen LogP contribution is -2.35. The van der Waals surface area contributed by atoms with E-state index in [4.69, 9.17) is 5.11 Å². The molecule has 0 bridgehead atoms. The fourth-order valence-electron chi connectivity index (χ4n) is 1.00. The Morgan fingerprint density at radius 1 is 1.62 bits per heavy atom. The van der Waals surface area contributed by atoms with Gasteiger partial charge >= 0.3 is 5.97 Å². The number of methoxy groups -OCH3 is 1. The average Bonchev–Trinajstić information content (AvgIpc) is 2.28. The molecular formula is C10H15N3O3. The summed E-state index contributed by atoms with van der Waals surface area (Å²) < 4.78 is 4.51. The van der Waals surface area contributed by atoms with Gasteiger partial charge in [-0.2, -0.15) is 0 Å². The highest BCUT2D eigenvalue weighted by molar-refractivity contribution is 5.85. The fourth-order valence-corrected chi connectivity index (χ4v) is 1.00. The van der Waals surface area contributed by atoms with Gasteiger partial charge in [-0.3, -0.25) is 0 Å². The second-order valence-corrected chi connectivity index (χ2v) is 3.92. The summed E-state index contributed by atoms with van der Waals surface area (Å²) in [5.41, 5.74) is -0.512. The van der Waals surface area contributed by atoms with E-state index in [2.05, 4.69) is 20.0 Å². The van der Waals surface area contributed by atoms with Crippen LogP contribution in [0.5, 0.6) is 0 Å². The van der Waals surface area contributed by atoms with Crippen LogP contribution in [0.4, 0.5) is 5.82 Å². The van der Waals surface area contributed by atoms with E-state index in [1.807, 2.05) is 13.8 Å². The van der Waals surface area contributed by atoms with Crippen molar-refractivity contribution in [2.75, 3.05) is 19.0 Å². The van der Waals surface area contributed by atoms with Crippen LogP contribution in [0, 0.1) is 0 Å². The van der Waals surface area contributed by atoms with Crippen LogP contribution in [0.3, 0.4) is 0 Å². The first-order chi connectivity index (χ1) is 7.48. The number of nitrogens with one attached hydrogen (secondary N) is 1. The monoisotopic (exact) mass is 225 g/mol. The molecule has 0 amide bonds. The lowest BCUT2D eigenvalue weighted by Gasteiger charge is -2.23. The molecule has 0 fully saturated rings. The molecule has 1 aromatic heterocycles. The average molecular weight is 225 g/mol. The number of esters is 1. The van der Waals surface area contributed by atoms with Crippen LogP contribution in [-0.2, 0) is 4.74 Å². The zero-order chi connectivity index (χ0) is 12.2. The maximum atomic E-state index is 11.2. The van der Waals surface area contributed by atoms with Gasteiger partial charge in [-0.05, 0) is 19.9 Å². The summed E-state index contributed by atoms with van der Waals surface area (Å²) in [4.78, 5) is 18.9. The van der Waals surface area contributed by atoms with E-state index < -0.39 is 11.5 Å². The second kappa shape index (κ2) is 4.89. The molecule has 0 saturated carbocycles. The zero-order valence-corrected chi connectivity index (χ0v) is 9.52. The number of rotatable bonds is 4. The predicted octanol–water partition coefficient (Wildman–Crippen LogP) is 0.446. The Kier molecular flexibility index (Phi) is 3.78. The maximum Gasteiger partial charge on any atom is 0.376 e. The Balaban J connectivity index is 2.87. The van der Waals surface area contributed by atoms with Gasteiger partial charge in [0.15, 0.2) is 0 Å². The minimum Gasteiger partial charge on any atom is -0.463 e. The summed E-state index contributed by atoms with van der Waals surface area (Å²) >= 11 is 0. The zero-order valence-electron chi connectivity index (χ0n) is 9.52. The Morgan fingerprint density at radius 3 is 2.88 bits per heavy atom. The number of carbonyl (C=O) groups is 1. The van der Waals surface area contributed by atoms with Crippen molar-refractivity contribution >= 4 is 11.8 Å². The molecule has 16 heavy (non-hydrogen) atoms. The Morgan fingerprint density at radius 2 is 2.31 bits per heavy atom. The lowest BCUT2D eigenvalue weighted by molar-refractivity contribution is 0.0587. The number of hydrogen-bond donors (Lipinski definition) is 2. The first-order valence-corrected chi connectivity index (χ1v) is 4.79. The van der Waals surface area contributed by atoms with Crippen LogP contribution >= 0.6 is 0 Å². The molecule has 0 aliphatic rings. The topological polar surface area (TPSA) is 84.3 Å². The van der Waals surface area contributed by atoms with E-state index in [1.54, 1.807) is 6.07 Å². The van der Waals surface area contributed by atoms with Crippen LogP contribution in [0.2, 0.25) is 0 Å². The Labute approximate surface area is 93.7 Å². The third kappa shape index (κ3) is 3.16.